The van der Waals surface area contributed by atoms with Gasteiger partial charge in [0.15, 0.2) is 0 Å². The Balaban J connectivity index is 2.62. The Kier molecular flexibility index (Phi) is 3.74. The average Bonchev–Trinajstić information content (AvgIpc) is 2.71. The summed E-state index contributed by atoms with van der Waals surface area (Å²) in [6.45, 7) is -0.553. The van der Waals surface area contributed by atoms with E-state index in [0.717, 1.165) is 16.8 Å². The third-order valence-electron chi connectivity index (χ3n) is 3.18. The van der Waals surface area contributed by atoms with Crippen molar-refractivity contribution in [2.24, 2.45) is 0 Å². The van der Waals surface area contributed by atoms with E-state index in [1.165, 1.54) is 7.11 Å². The van der Waals surface area contributed by atoms with Crippen molar-refractivity contribution in [1.29, 1.82) is 5.26 Å². The molecule has 0 unspecified atom stereocenters. The number of aromatic nitrogens is 2. The maximum atomic E-state index is 11.8. The summed E-state index contributed by atoms with van der Waals surface area (Å²) in [6.07, 6.45) is -2.52. The maximum Gasteiger partial charge on any atom is 0.331 e. The third kappa shape index (κ3) is 1.95. The second kappa shape index (κ2) is 5.18. The summed E-state index contributed by atoms with van der Waals surface area (Å²) in [7, 11) is 1.24. The van der Waals surface area contributed by atoms with Crippen molar-refractivity contribution >= 4 is 0 Å². The normalized spacial score (nSPS) is 33.0. The van der Waals surface area contributed by atoms with E-state index in [1.807, 2.05) is 4.98 Å². The molecule has 20 heavy (non-hydrogen) atoms. The van der Waals surface area contributed by atoms with Gasteiger partial charge in [-0.15, -0.1) is 0 Å². The fourth-order valence-electron chi connectivity index (χ4n) is 2.25. The standard InChI is InChI=1S/C11H13N3O6/c1-19-9-8(17)6(4-15)20-11(9,5-12)14-3-2-7(16)13-10(14)18/h2-3,6,8-9,15,17H,4H2,1H3,(H,13,16,18)/t6-,8-,9-,11-/m1/s1. The number of nitriles is 1. The highest BCUT2D eigenvalue weighted by Gasteiger charge is 2.57. The summed E-state index contributed by atoms with van der Waals surface area (Å²) in [6, 6.07) is 2.81. The molecule has 0 radical (unpaired) electrons. The summed E-state index contributed by atoms with van der Waals surface area (Å²) >= 11 is 0. The molecule has 0 amide bonds. The molecule has 1 fully saturated rings. The van der Waals surface area contributed by atoms with Crippen molar-refractivity contribution in [2.75, 3.05) is 13.7 Å². The van der Waals surface area contributed by atoms with Crippen LogP contribution in [-0.4, -0.2) is 51.8 Å². The zero-order valence-corrected chi connectivity index (χ0v) is 10.5. The second-order valence-electron chi connectivity index (χ2n) is 4.27. The maximum absolute atomic E-state index is 11.8. The Hall–Kier alpha value is -1.99. The summed E-state index contributed by atoms with van der Waals surface area (Å²) in [5.41, 5.74) is -3.49. The Morgan fingerprint density at radius 1 is 1.65 bits per heavy atom. The number of aliphatic hydroxyl groups excluding tert-OH is 2. The predicted octanol–water partition coefficient (Wildman–Crippen LogP) is -2.52. The summed E-state index contributed by atoms with van der Waals surface area (Å²) < 4.78 is 11.2. The van der Waals surface area contributed by atoms with Crippen LogP contribution in [0.15, 0.2) is 21.9 Å². The van der Waals surface area contributed by atoms with Crippen LogP contribution in [0.1, 0.15) is 0 Å². The van der Waals surface area contributed by atoms with Crippen LogP contribution in [0.4, 0.5) is 0 Å². The van der Waals surface area contributed by atoms with Crippen molar-refractivity contribution in [3.8, 4) is 6.07 Å². The van der Waals surface area contributed by atoms with Gasteiger partial charge in [-0.05, 0) is 0 Å². The van der Waals surface area contributed by atoms with Gasteiger partial charge in [0, 0.05) is 19.4 Å². The number of nitrogens with one attached hydrogen (secondary N) is 1. The van der Waals surface area contributed by atoms with E-state index >= 15 is 0 Å². The van der Waals surface area contributed by atoms with Gasteiger partial charge in [0.1, 0.15) is 24.4 Å². The third-order valence-corrected chi connectivity index (χ3v) is 3.18. The molecule has 2 heterocycles. The highest BCUT2D eigenvalue weighted by Crippen LogP contribution is 2.35. The molecule has 0 bridgehead atoms. The number of aliphatic hydroxyl groups is 2. The summed E-state index contributed by atoms with van der Waals surface area (Å²) in [4.78, 5) is 24.9. The van der Waals surface area contributed by atoms with E-state index in [-0.39, 0.29) is 0 Å². The van der Waals surface area contributed by atoms with E-state index in [1.54, 1.807) is 6.07 Å². The molecule has 1 aromatic rings. The first kappa shape index (κ1) is 14.4. The first-order valence-corrected chi connectivity index (χ1v) is 5.73. The lowest BCUT2D eigenvalue weighted by Gasteiger charge is -2.28. The molecule has 1 aliphatic heterocycles. The lowest BCUT2D eigenvalue weighted by atomic mass is 10.0. The van der Waals surface area contributed by atoms with Crippen LogP contribution in [0.5, 0.6) is 0 Å². The predicted molar refractivity (Wildman–Crippen MR) is 63.7 cm³/mol. The first-order valence-electron chi connectivity index (χ1n) is 5.73. The van der Waals surface area contributed by atoms with E-state index in [2.05, 4.69) is 0 Å². The lowest BCUT2D eigenvalue weighted by Crippen LogP contribution is -2.51. The molecule has 0 saturated carbocycles. The van der Waals surface area contributed by atoms with Crippen molar-refractivity contribution in [3.63, 3.8) is 0 Å². The number of nitrogens with zero attached hydrogens (tertiary/aromatic N) is 2. The van der Waals surface area contributed by atoms with Crippen LogP contribution in [-0.2, 0) is 15.2 Å². The number of H-pyrrole nitrogens is 1. The Morgan fingerprint density at radius 3 is 2.85 bits per heavy atom. The van der Waals surface area contributed by atoms with Crippen molar-refractivity contribution in [2.45, 2.75) is 24.0 Å². The molecule has 0 aromatic carbocycles. The molecular weight excluding hydrogens is 270 g/mol. The lowest BCUT2D eigenvalue weighted by molar-refractivity contribution is -0.117. The van der Waals surface area contributed by atoms with Gasteiger partial charge in [0.25, 0.3) is 11.3 Å². The van der Waals surface area contributed by atoms with E-state index in [4.69, 9.17) is 14.6 Å². The molecule has 0 spiro atoms. The minimum atomic E-state index is -1.97. The van der Waals surface area contributed by atoms with Crippen molar-refractivity contribution < 1.29 is 19.7 Å². The zero-order chi connectivity index (χ0) is 14.9. The number of hydrogen-bond donors (Lipinski definition) is 3. The van der Waals surface area contributed by atoms with E-state index in [0.29, 0.717) is 0 Å². The number of ether oxygens (including phenoxy) is 2. The molecule has 1 aliphatic rings. The molecule has 4 atom stereocenters. The Bertz CT molecular complexity index is 647. The van der Waals surface area contributed by atoms with Crippen LogP contribution in [0, 0.1) is 11.3 Å². The SMILES string of the molecule is CO[C@@H]1[C@H](O)[C@@H](CO)O[C@@]1(C#N)n1ccc(=O)[nH]c1=O. The molecule has 1 aromatic heterocycles. The van der Waals surface area contributed by atoms with Gasteiger partial charge in [-0.1, -0.05) is 0 Å². The smallest absolute Gasteiger partial charge is 0.331 e. The Morgan fingerprint density at radius 2 is 2.35 bits per heavy atom. The highest BCUT2D eigenvalue weighted by molar-refractivity contribution is 5.13. The molecule has 3 N–H and O–H groups in total. The van der Waals surface area contributed by atoms with Gasteiger partial charge in [-0.25, -0.2) is 4.79 Å². The van der Waals surface area contributed by atoms with Crippen molar-refractivity contribution in [3.05, 3.63) is 33.1 Å². The Labute approximate surface area is 112 Å². The fourth-order valence-corrected chi connectivity index (χ4v) is 2.25. The van der Waals surface area contributed by atoms with E-state index in [9.17, 15) is 20.0 Å². The van der Waals surface area contributed by atoms with Crippen LogP contribution < -0.4 is 11.2 Å². The average molecular weight is 283 g/mol. The van der Waals surface area contributed by atoms with Crippen LogP contribution in [0.2, 0.25) is 0 Å². The number of hydrogen-bond acceptors (Lipinski definition) is 7. The molecule has 0 aliphatic carbocycles. The van der Waals surface area contributed by atoms with Crippen LogP contribution in [0.25, 0.3) is 0 Å². The van der Waals surface area contributed by atoms with Crippen LogP contribution in [0.3, 0.4) is 0 Å². The quantitative estimate of drug-likeness (QED) is 0.556. The topological polar surface area (TPSA) is 138 Å². The minimum Gasteiger partial charge on any atom is -0.394 e. The number of rotatable bonds is 3. The molecule has 108 valence electrons. The largest absolute Gasteiger partial charge is 0.394 e. The fraction of sp³-hybridized carbons (Fsp3) is 0.545. The first-order chi connectivity index (χ1) is 9.50. The van der Waals surface area contributed by atoms with Gasteiger partial charge in [-0.2, -0.15) is 5.26 Å². The molecule has 9 heteroatoms. The van der Waals surface area contributed by atoms with Crippen molar-refractivity contribution in [1.82, 2.24) is 9.55 Å². The van der Waals surface area contributed by atoms with Gasteiger partial charge in [-0.3, -0.25) is 14.3 Å². The second-order valence-corrected chi connectivity index (χ2v) is 4.27. The zero-order valence-electron chi connectivity index (χ0n) is 10.5. The van der Waals surface area contributed by atoms with Gasteiger partial charge in [0.05, 0.1) is 6.61 Å². The summed E-state index contributed by atoms with van der Waals surface area (Å²) in [5.74, 6) is 0. The molecular formula is C11H13N3O6. The van der Waals surface area contributed by atoms with Crippen LogP contribution >= 0.6 is 0 Å². The monoisotopic (exact) mass is 283 g/mol. The molecule has 1 saturated heterocycles. The molecule has 9 nitrogen and oxygen atoms in total. The summed E-state index contributed by atoms with van der Waals surface area (Å²) in [5, 5.41) is 28.5. The number of methoxy groups -OCH3 is 1. The van der Waals surface area contributed by atoms with E-state index < -0.39 is 41.9 Å². The highest BCUT2D eigenvalue weighted by atomic mass is 16.6. The minimum absolute atomic E-state index is 0.553. The molecule has 2 rings (SSSR count). The number of aromatic amines is 1. The van der Waals surface area contributed by atoms with Gasteiger partial charge in [0.2, 0.25) is 0 Å². The van der Waals surface area contributed by atoms with Gasteiger partial charge < -0.3 is 19.7 Å². The van der Waals surface area contributed by atoms with Gasteiger partial charge >= 0.3 is 5.69 Å².